The second kappa shape index (κ2) is 14.1. The molecule has 1 aromatic carbocycles. The Bertz CT molecular complexity index is 1460. The van der Waals surface area contributed by atoms with Crippen molar-refractivity contribution in [2.45, 2.75) is 69.1 Å². The molecule has 1 saturated carbocycles. The Hall–Kier alpha value is -3.87. The van der Waals surface area contributed by atoms with Gasteiger partial charge < -0.3 is 30.0 Å². The highest BCUT2D eigenvalue weighted by Gasteiger charge is 2.28. The van der Waals surface area contributed by atoms with Crippen LogP contribution in [0, 0.1) is 0 Å². The summed E-state index contributed by atoms with van der Waals surface area (Å²) in [5, 5.41) is 8.72. The highest BCUT2D eigenvalue weighted by atomic mass is 35.5. The standard InChI is InChI=1S/C30H34ClN5O6S/c1-30(2,3)42-29(39)34-19-8-10-20(11-9-19)41-24-16-21(43(4)40)12-13-22(24)27(37)35-23-6-5-15-32-26(23)28(38)36-25-14-7-18(31)17-33-25/h5-7,12-17,19-20H,8-11H2,1-4H3,(H,34,39)(H,35,37)(H,33,36,38)/t19-,20-,43?. The number of nitrogens with zero attached hydrogens (tertiary/aromatic N) is 2. The van der Waals surface area contributed by atoms with E-state index >= 15 is 0 Å². The summed E-state index contributed by atoms with van der Waals surface area (Å²) in [6.07, 6.45) is 6.30. The van der Waals surface area contributed by atoms with Gasteiger partial charge in [-0.15, -0.1) is 0 Å². The number of hydrogen-bond donors (Lipinski definition) is 3. The first-order valence-corrected chi connectivity index (χ1v) is 15.6. The molecule has 0 spiro atoms. The molecule has 0 aliphatic heterocycles. The average Bonchev–Trinajstić information content (AvgIpc) is 2.94. The number of rotatable bonds is 8. The van der Waals surface area contributed by atoms with Crippen LogP contribution in [-0.4, -0.2) is 56.4 Å². The van der Waals surface area contributed by atoms with Crippen LogP contribution in [0.4, 0.5) is 16.3 Å². The molecule has 1 fully saturated rings. The van der Waals surface area contributed by atoms with Gasteiger partial charge in [-0.05, 0) is 94.0 Å². The van der Waals surface area contributed by atoms with E-state index in [0.717, 1.165) is 0 Å². The molecule has 3 aromatic rings. The van der Waals surface area contributed by atoms with Crippen molar-refractivity contribution in [3.63, 3.8) is 0 Å². The zero-order chi connectivity index (χ0) is 31.1. The van der Waals surface area contributed by atoms with E-state index in [2.05, 4.69) is 25.9 Å². The first kappa shape index (κ1) is 32.1. The molecule has 2 heterocycles. The zero-order valence-corrected chi connectivity index (χ0v) is 25.9. The quantitative estimate of drug-likeness (QED) is 0.273. The Kier molecular flexibility index (Phi) is 10.5. The average molecular weight is 628 g/mol. The van der Waals surface area contributed by atoms with E-state index in [1.54, 1.807) is 48.7 Å². The number of halogens is 1. The molecule has 1 unspecified atom stereocenters. The number of amides is 3. The lowest BCUT2D eigenvalue weighted by atomic mass is 9.93. The molecule has 1 aliphatic rings. The number of hydrogen-bond acceptors (Lipinski definition) is 8. The van der Waals surface area contributed by atoms with Gasteiger partial charge >= 0.3 is 6.09 Å². The number of benzene rings is 1. The van der Waals surface area contributed by atoms with Gasteiger partial charge in [-0.25, -0.2) is 14.8 Å². The Morgan fingerprint density at radius 2 is 1.74 bits per heavy atom. The summed E-state index contributed by atoms with van der Waals surface area (Å²) in [4.78, 5) is 47.3. The van der Waals surface area contributed by atoms with Crippen molar-refractivity contribution in [1.29, 1.82) is 0 Å². The SMILES string of the molecule is C[S+]([O-])c1ccc(C(=O)Nc2cccnc2C(=O)Nc2ccc(Cl)cn2)c(O[C@H]2CC[C@H](NC(=O)OC(C)(C)C)CC2)c1. The molecular formula is C30H34ClN5O6S. The topological polar surface area (TPSA) is 155 Å². The summed E-state index contributed by atoms with van der Waals surface area (Å²) in [5.74, 6) is -0.563. The van der Waals surface area contributed by atoms with Crippen molar-refractivity contribution in [2.24, 2.45) is 0 Å². The van der Waals surface area contributed by atoms with Crippen molar-refractivity contribution in [3.8, 4) is 5.75 Å². The number of alkyl carbamates (subject to hydrolysis) is 1. The molecule has 0 saturated heterocycles. The van der Waals surface area contributed by atoms with Crippen molar-refractivity contribution in [1.82, 2.24) is 15.3 Å². The van der Waals surface area contributed by atoms with E-state index < -0.39 is 34.7 Å². The molecule has 0 bridgehead atoms. The summed E-state index contributed by atoms with van der Waals surface area (Å²) in [6.45, 7) is 5.43. The third kappa shape index (κ3) is 9.31. The normalized spacial score (nSPS) is 17.3. The number of carbonyl (C=O) groups is 3. The van der Waals surface area contributed by atoms with E-state index in [1.165, 1.54) is 12.4 Å². The van der Waals surface area contributed by atoms with Crippen LogP contribution in [0.3, 0.4) is 0 Å². The zero-order valence-electron chi connectivity index (χ0n) is 24.3. The summed E-state index contributed by atoms with van der Waals surface area (Å²) in [5.41, 5.74) is -0.211. The number of ether oxygens (including phenoxy) is 2. The number of nitrogens with one attached hydrogen (secondary N) is 3. The van der Waals surface area contributed by atoms with Crippen LogP contribution in [-0.2, 0) is 15.9 Å². The third-order valence-electron chi connectivity index (χ3n) is 6.46. The molecule has 1 atom stereocenters. The van der Waals surface area contributed by atoms with Gasteiger partial charge in [0.1, 0.15) is 23.4 Å². The molecule has 3 N–H and O–H groups in total. The lowest BCUT2D eigenvalue weighted by Gasteiger charge is -2.30. The third-order valence-corrected chi connectivity index (χ3v) is 7.60. The predicted molar refractivity (Wildman–Crippen MR) is 164 cm³/mol. The van der Waals surface area contributed by atoms with Gasteiger partial charge in [-0.2, -0.15) is 0 Å². The maximum Gasteiger partial charge on any atom is 0.407 e. The van der Waals surface area contributed by atoms with E-state index in [1.807, 2.05) is 20.8 Å². The molecule has 1 aliphatic carbocycles. The van der Waals surface area contributed by atoms with Gasteiger partial charge in [0, 0.05) is 24.5 Å². The molecule has 43 heavy (non-hydrogen) atoms. The number of carbonyl (C=O) groups excluding carboxylic acids is 3. The molecule has 228 valence electrons. The molecule has 2 aromatic heterocycles. The first-order valence-electron chi connectivity index (χ1n) is 13.7. The number of anilines is 2. The fourth-order valence-corrected chi connectivity index (χ4v) is 5.09. The van der Waals surface area contributed by atoms with Crippen LogP contribution in [0.25, 0.3) is 0 Å². The van der Waals surface area contributed by atoms with Crippen LogP contribution < -0.4 is 20.7 Å². The summed E-state index contributed by atoms with van der Waals surface area (Å²) < 4.78 is 23.9. The lowest BCUT2D eigenvalue weighted by molar-refractivity contribution is 0.0469. The van der Waals surface area contributed by atoms with E-state index in [0.29, 0.717) is 35.6 Å². The molecular weight excluding hydrogens is 594 g/mol. The van der Waals surface area contributed by atoms with Crippen molar-refractivity contribution in [2.75, 3.05) is 16.9 Å². The van der Waals surface area contributed by atoms with E-state index in [-0.39, 0.29) is 40.7 Å². The van der Waals surface area contributed by atoms with Gasteiger partial charge in [-0.1, -0.05) is 11.6 Å². The number of pyridine rings is 2. The largest absolute Gasteiger partial charge is 0.612 e. The van der Waals surface area contributed by atoms with Crippen LogP contribution in [0.2, 0.25) is 5.02 Å². The lowest BCUT2D eigenvalue weighted by Crippen LogP contribution is -2.42. The van der Waals surface area contributed by atoms with Crippen molar-refractivity contribution < 1.29 is 28.4 Å². The molecule has 4 rings (SSSR count). The minimum Gasteiger partial charge on any atom is -0.612 e. The van der Waals surface area contributed by atoms with Crippen LogP contribution in [0.1, 0.15) is 67.3 Å². The summed E-state index contributed by atoms with van der Waals surface area (Å²) in [6, 6.07) is 11.0. The van der Waals surface area contributed by atoms with Crippen molar-refractivity contribution in [3.05, 3.63) is 71.1 Å². The van der Waals surface area contributed by atoms with Crippen LogP contribution in [0.5, 0.6) is 5.75 Å². The Morgan fingerprint density at radius 3 is 2.40 bits per heavy atom. The monoisotopic (exact) mass is 627 g/mol. The maximum atomic E-state index is 13.5. The van der Waals surface area contributed by atoms with Crippen molar-refractivity contribution >= 4 is 52.2 Å². The highest BCUT2D eigenvalue weighted by Crippen LogP contribution is 2.30. The molecule has 11 nitrogen and oxygen atoms in total. The molecule has 0 radical (unpaired) electrons. The Morgan fingerprint density at radius 1 is 1.00 bits per heavy atom. The Balaban J connectivity index is 1.46. The predicted octanol–water partition coefficient (Wildman–Crippen LogP) is 5.59. The maximum absolute atomic E-state index is 13.5. The molecule has 3 amide bonds. The Labute approximate surface area is 258 Å². The fraction of sp³-hybridized carbons (Fsp3) is 0.367. The van der Waals surface area contributed by atoms with Gasteiger partial charge in [-0.3, -0.25) is 9.59 Å². The minimum absolute atomic E-state index is 0.0165. The fourth-order valence-electron chi connectivity index (χ4n) is 4.45. The van der Waals surface area contributed by atoms with Gasteiger partial charge in [0.25, 0.3) is 11.8 Å². The van der Waals surface area contributed by atoms with Gasteiger partial charge in [0.2, 0.25) is 0 Å². The number of aromatic nitrogens is 2. The summed E-state index contributed by atoms with van der Waals surface area (Å²) >= 11 is 4.56. The first-order chi connectivity index (χ1) is 20.4. The minimum atomic E-state index is -1.31. The second-order valence-electron chi connectivity index (χ2n) is 11.0. The summed E-state index contributed by atoms with van der Waals surface area (Å²) in [7, 11) is 0. The highest BCUT2D eigenvalue weighted by molar-refractivity contribution is 7.90. The van der Waals surface area contributed by atoms with Gasteiger partial charge in [0.05, 0.1) is 22.4 Å². The smallest absolute Gasteiger partial charge is 0.407 e. The van der Waals surface area contributed by atoms with E-state index in [9.17, 15) is 18.9 Å². The van der Waals surface area contributed by atoms with Gasteiger partial charge in [0.15, 0.2) is 10.6 Å². The van der Waals surface area contributed by atoms with E-state index in [4.69, 9.17) is 21.1 Å². The molecule has 13 heteroatoms. The van der Waals surface area contributed by atoms with Crippen LogP contribution in [0.15, 0.2) is 59.8 Å². The van der Waals surface area contributed by atoms with Crippen LogP contribution >= 0.6 is 11.6 Å². The second-order valence-corrected chi connectivity index (χ2v) is 12.8.